The number of hydrogen-bond donors (Lipinski definition) is 1. The van der Waals surface area contributed by atoms with Crippen molar-refractivity contribution in [2.24, 2.45) is 5.92 Å². The molecule has 2 heterocycles. The summed E-state index contributed by atoms with van der Waals surface area (Å²) >= 11 is 1.78. The molecule has 20 heavy (non-hydrogen) atoms. The molecule has 1 atom stereocenters. The first-order valence-corrected chi connectivity index (χ1v) is 8.12. The van der Waals surface area contributed by atoms with Crippen LogP contribution in [-0.2, 0) is 11.2 Å². The van der Waals surface area contributed by atoms with Crippen LogP contribution in [0.3, 0.4) is 0 Å². The Bertz CT molecular complexity index is 381. The van der Waals surface area contributed by atoms with Gasteiger partial charge in [0.2, 0.25) is 5.91 Å². The van der Waals surface area contributed by atoms with E-state index >= 15 is 0 Å². The van der Waals surface area contributed by atoms with Crippen molar-refractivity contribution in [2.45, 2.75) is 32.1 Å². The topological polar surface area (TPSA) is 32.3 Å². The maximum atomic E-state index is 12.2. The fourth-order valence-electron chi connectivity index (χ4n) is 2.77. The van der Waals surface area contributed by atoms with Gasteiger partial charge in [0.1, 0.15) is 0 Å². The number of likely N-dealkylation sites (tertiary alicyclic amines) is 1. The number of amides is 1. The summed E-state index contributed by atoms with van der Waals surface area (Å²) in [7, 11) is 1.99. The van der Waals surface area contributed by atoms with E-state index < -0.39 is 0 Å². The summed E-state index contributed by atoms with van der Waals surface area (Å²) in [6.45, 7) is 2.93. The van der Waals surface area contributed by atoms with Gasteiger partial charge < -0.3 is 10.2 Å². The maximum Gasteiger partial charge on any atom is 0.222 e. The summed E-state index contributed by atoms with van der Waals surface area (Å²) in [4.78, 5) is 15.6. The second-order valence-corrected chi connectivity index (χ2v) is 6.37. The van der Waals surface area contributed by atoms with Crippen molar-refractivity contribution in [3.8, 4) is 0 Å². The lowest BCUT2D eigenvalue weighted by Gasteiger charge is -2.32. The molecular formula is C15H25ClN2OS. The predicted molar refractivity (Wildman–Crippen MR) is 87.7 cm³/mol. The summed E-state index contributed by atoms with van der Waals surface area (Å²) in [5, 5.41) is 5.32. The Kier molecular flexibility index (Phi) is 8.19. The Morgan fingerprint density at radius 1 is 1.55 bits per heavy atom. The van der Waals surface area contributed by atoms with Crippen molar-refractivity contribution in [3.05, 3.63) is 22.4 Å². The predicted octanol–water partition coefficient (Wildman–Crippen LogP) is 2.95. The van der Waals surface area contributed by atoms with Crippen LogP contribution < -0.4 is 5.32 Å². The Balaban J connectivity index is 0.00000200. The lowest BCUT2D eigenvalue weighted by molar-refractivity contribution is -0.133. The molecule has 1 saturated heterocycles. The highest BCUT2D eigenvalue weighted by molar-refractivity contribution is 7.09. The first kappa shape index (κ1) is 17.5. The van der Waals surface area contributed by atoms with Crippen molar-refractivity contribution < 1.29 is 4.79 Å². The molecule has 0 spiro atoms. The second kappa shape index (κ2) is 9.37. The molecule has 2 rings (SSSR count). The van der Waals surface area contributed by atoms with Gasteiger partial charge in [0.05, 0.1) is 0 Å². The summed E-state index contributed by atoms with van der Waals surface area (Å²) in [6, 6.07) is 4.23. The molecule has 1 fully saturated rings. The monoisotopic (exact) mass is 316 g/mol. The van der Waals surface area contributed by atoms with E-state index in [9.17, 15) is 4.79 Å². The number of piperidine rings is 1. The zero-order chi connectivity index (χ0) is 13.5. The van der Waals surface area contributed by atoms with Gasteiger partial charge in [0, 0.05) is 24.4 Å². The molecule has 114 valence electrons. The fourth-order valence-corrected chi connectivity index (χ4v) is 3.52. The molecular weight excluding hydrogens is 292 g/mol. The van der Waals surface area contributed by atoms with Crippen molar-refractivity contribution in [1.82, 2.24) is 10.2 Å². The number of thiophene rings is 1. The van der Waals surface area contributed by atoms with Gasteiger partial charge in [-0.2, -0.15) is 0 Å². The van der Waals surface area contributed by atoms with Crippen LogP contribution in [0, 0.1) is 5.92 Å². The number of nitrogens with zero attached hydrogens (tertiary/aromatic N) is 1. The average molecular weight is 317 g/mol. The Morgan fingerprint density at radius 2 is 2.40 bits per heavy atom. The number of carbonyl (C=O) groups excluding carboxylic acids is 1. The summed E-state index contributed by atoms with van der Waals surface area (Å²) in [5.41, 5.74) is 0. The van der Waals surface area contributed by atoms with Crippen LogP contribution in [0.15, 0.2) is 17.5 Å². The van der Waals surface area contributed by atoms with Crippen LogP contribution in [0.25, 0.3) is 0 Å². The third kappa shape index (κ3) is 5.43. The SMILES string of the molecule is CNCC1CCCN(C(=O)CCCc2cccs2)C1.Cl. The van der Waals surface area contributed by atoms with E-state index in [2.05, 4.69) is 27.7 Å². The van der Waals surface area contributed by atoms with E-state index in [0.717, 1.165) is 38.9 Å². The minimum Gasteiger partial charge on any atom is -0.342 e. The average Bonchev–Trinajstić information content (AvgIpc) is 2.92. The second-order valence-electron chi connectivity index (χ2n) is 5.34. The zero-order valence-electron chi connectivity index (χ0n) is 12.1. The van der Waals surface area contributed by atoms with Crippen molar-refractivity contribution in [3.63, 3.8) is 0 Å². The summed E-state index contributed by atoms with van der Waals surface area (Å²) in [5.74, 6) is 0.984. The molecule has 0 aromatic carbocycles. The molecule has 1 unspecified atom stereocenters. The Labute approximate surface area is 132 Å². The van der Waals surface area contributed by atoms with E-state index in [1.165, 1.54) is 11.3 Å². The quantitative estimate of drug-likeness (QED) is 0.875. The highest BCUT2D eigenvalue weighted by Gasteiger charge is 2.22. The first-order valence-electron chi connectivity index (χ1n) is 7.24. The van der Waals surface area contributed by atoms with Gasteiger partial charge in [-0.15, -0.1) is 23.7 Å². The van der Waals surface area contributed by atoms with E-state index in [0.29, 0.717) is 18.2 Å². The highest BCUT2D eigenvalue weighted by Crippen LogP contribution is 2.18. The number of halogens is 1. The number of hydrogen-bond acceptors (Lipinski definition) is 3. The van der Waals surface area contributed by atoms with Crippen molar-refractivity contribution in [1.29, 1.82) is 0 Å². The van der Waals surface area contributed by atoms with E-state index in [-0.39, 0.29) is 12.4 Å². The zero-order valence-corrected chi connectivity index (χ0v) is 13.8. The third-order valence-electron chi connectivity index (χ3n) is 3.76. The molecule has 1 aliphatic rings. The van der Waals surface area contributed by atoms with Crippen LogP contribution in [0.1, 0.15) is 30.6 Å². The van der Waals surface area contributed by atoms with Gasteiger partial charge in [-0.25, -0.2) is 0 Å². The molecule has 1 N–H and O–H groups in total. The molecule has 1 aromatic heterocycles. The molecule has 5 heteroatoms. The molecule has 1 aromatic rings. The maximum absolute atomic E-state index is 12.2. The molecule has 1 aliphatic heterocycles. The minimum atomic E-state index is 0. The van der Waals surface area contributed by atoms with Crippen LogP contribution >= 0.6 is 23.7 Å². The first-order chi connectivity index (χ1) is 9.29. The van der Waals surface area contributed by atoms with Gasteiger partial charge in [-0.05, 0) is 56.6 Å². The number of rotatable bonds is 6. The minimum absolute atomic E-state index is 0. The molecule has 0 saturated carbocycles. The smallest absolute Gasteiger partial charge is 0.222 e. The molecule has 1 amide bonds. The fraction of sp³-hybridized carbons (Fsp3) is 0.667. The van der Waals surface area contributed by atoms with Crippen LogP contribution in [-0.4, -0.2) is 37.5 Å². The molecule has 0 aliphatic carbocycles. The number of carbonyl (C=O) groups is 1. The van der Waals surface area contributed by atoms with Gasteiger partial charge in [0.25, 0.3) is 0 Å². The molecule has 0 radical (unpaired) electrons. The molecule has 3 nitrogen and oxygen atoms in total. The Hall–Kier alpha value is -0.580. The van der Waals surface area contributed by atoms with E-state index in [4.69, 9.17) is 0 Å². The Morgan fingerprint density at radius 3 is 3.10 bits per heavy atom. The van der Waals surface area contributed by atoms with Gasteiger partial charge in [0.15, 0.2) is 0 Å². The van der Waals surface area contributed by atoms with Gasteiger partial charge in [-0.3, -0.25) is 4.79 Å². The standard InChI is InChI=1S/C15H24N2OS.ClH/c1-16-11-13-5-3-9-17(12-13)15(18)8-2-6-14-7-4-10-19-14;/h4,7,10,13,16H,2-3,5-6,8-9,11-12H2,1H3;1H. The number of aryl methyl sites for hydroxylation is 1. The molecule has 0 bridgehead atoms. The normalized spacial score (nSPS) is 18.6. The van der Waals surface area contributed by atoms with E-state index in [1.807, 2.05) is 7.05 Å². The van der Waals surface area contributed by atoms with Crippen LogP contribution in [0.5, 0.6) is 0 Å². The van der Waals surface area contributed by atoms with Crippen LogP contribution in [0.2, 0.25) is 0 Å². The van der Waals surface area contributed by atoms with Crippen molar-refractivity contribution in [2.75, 3.05) is 26.7 Å². The highest BCUT2D eigenvalue weighted by atomic mass is 35.5. The third-order valence-corrected chi connectivity index (χ3v) is 4.69. The van der Waals surface area contributed by atoms with Crippen molar-refractivity contribution >= 4 is 29.7 Å². The lowest BCUT2D eigenvalue weighted by Crippen LogP contribution is -2.42. The summed E-state index contributed by atoms with van der Waals surface area (Å²) in [6.07, 6.45) is 5.12. The largest absolute Gasteiger partial charge is 0.342 e. The van der Waals surface area contributed by atoms with Gasteiger partial charge in [-0.1, -0.05) is 6.07 Å². The number of nitrogens with one attached hydrogen (secondary N) is 1. The van der Waals surface area contributed by atoms with Crippen LogP contribution in [0.4, 0.5) is 0 Å². The van der Waals surface area contributed by atoms with Gasteiger partial charge >= 0.3 is 0 Å². The van der Waals surface area contributed by atoms with E-state index in [1.54, 1.807) is 11.3 Å². The lowest BCUT2D eigenvalue weighted by atomic mass is 9.97. The summed E-state index contributed by atoms with van der Waals surface area (Å²) < 4.78 is 0.